The number of carbonyl (C=O) groups excluding carboxylic acids is 1. The van der Waals surface area contributed by atoms with E-state index in [-0.39, 0.29) is 17.4 Å². The lowest BCUT2D eigenvalue weighted by atomic mass is 10.0. The number of nitrogens with one attached hydrogen (secondary N) is 1. The molecule has 0 saturated heterocycles. The van der Waals surface area contributed by atoms with E-state index in [0.29, 0.717) is 34.4 Å². The molecule has 1 N–H and O–H groups in total. The van der Waals surface area contributed by atoms with E-state index in [1.54, 1.807) is 24.3 Å². The second-order valence-electron chi connectivity index (χ2n) is 10.4. The number of hydrogen-bond acceptors (Lipinski definition) is 6. The molecule has 1 unspecified atom stereocenters. The summed E-state index contributed by atoms with van der Waals surface area (Å²) >= 11 is 1.40. The lowest BCUT2D eigenvalue weighted by molar-refractivity contribution is -0.384. The predicted octanol–water partition coefficient (Wildman–Crippen LogP) is 7.66. The Hall–Kier alpha value is -4.83. The number of nitro benzene ring substituents is 1. The lowest BCUT2D eigenvalue weighted by Crippen LogP contribution is -2.32. The van der Waals surface area contributed by atoms with Crippen LogP contribution in [0.1, 0.15) is 58.7 Å². The molecule has 0 aliphatic carbocycles. The fraction of sp³-hybridized carbons (Fsp3) is 0.206. The largest absolute Gasteiger partial charge is 0.342 e. The zero-order chi connectivity index (χ0) is 30.9. The molecule has 10 heteroatoms. The predicted molar refractivity (Wildman–Crippen MR) is 169 cm³/mol. The minimum atomic E-state index is -0.576. The van der Waals surface area contributed by atoms with Crippen molar-refractivity contribution in [3.05, 3.63) is 147 Å². The summed E-state index contributed by atoms with van der Waals surface area (Å²) in [6, 6.07) is 29.2. The topological polar surface area (TPSA) is 103 Å². The van der Waals surface area contributed by atoms with Crippen LogP contribution in [0.15, 0.2) is 108 Å². The highest BCUT2D eigenvalue weighted by atomic mass is 32.2. The van der Waals surface area contributed by atoms with E-state index >= 15 is 0 Å². The maximum atomic E-state index is 13.6. The van der Waals surface area contributed by atoms with Crippen LogP contribution in [-0.2, 0) is 18.6 Å². The second kappa shape index (κ2) is 14.6. The van der Waals surface area contributed by atoms with Crippen molar-refractivity contribution < 1.29 is 14.1 Å². The summed E-state index contributed by atoms with van der Waals surface area (Å²) in [5.74, 6) is 0.417. The minimum Gasteiger partial charge on any atom is -0.342 e. The Morgan fingerprint density at radius 1 is 0.909 bits per heavy atom. The molecule has 1 aromatic heterocycles. The first-order valence-electron chi connectivity index (χ1n) is 14.4. The third kappa shape index (κ3) is 7.76. The first-order chi connectivity index (χ1) is 21.4. The molecule has 5 rings (SSSR count). The highest BCUT2D eigenvalue weighted by Gasteiger charge is 2.26. The van der Waals surface area contributed by atoms with Gasteiger partial charge in [-0.05, 0) is 72.4 Å². The number of non-ortho nitro benzene ring substituents is 1. The van der Waals surface area contributed by atoms with E-state index < -0.39 is 11.0 Å². The van der Waals surface area contributed by atoms with Crippen molar-refractivity contribution in [1.82, 2.24) is 20.1 Å². The number of amides is 1. The van der Waals surface area contributed by atoms with Gasteiger partial charge in [0.05, 0.1) is 11.0 Å². The number of carbonyl (C=O) groups is 1. The summed E-state index contributed by atoms with van der Waals surface area (Å²) in [4.78, 5) is 24.5. The van der Waals surface area contributed by atoms with Gasteiger partial charge in [0.1, 0.15) is 5.82 Å². The normalized spacial score (nSPS) is 11.7. The number of nitro groups is 1. The molecule has 1 amide bonds. The maximum absolute atomic E-state index is 13.6. The SMILES string of the molecule is CCCCc1ccc(C(=O)NC(Cc2ccccc2)c2nnc(SCc3ccc(F)cc3)n2-c2ccc([N+](=O)[O-])cc2)cc1. The molecule has 0 aliphatic rings. The molecule has 0 aliphatic heterocycles. The van der Waals surface area contributed by atoms with Gasteiger partial charge in [0, 0.05) is 29.1 Å². The average molecular weight is 610 g/mol. The lowest BCUT2D eigenvalue weighted by Gasteiger charge is -2.20. The Labute approximate surface area is 259 Å². The van der Waals surface area contributed by atoms with Crippen molar-refractivity contribution in [3.63, 3.8) is 0 Å². The molecule has 44 heavy (non-hydrogen) atoms. The van der Waals surface area contributed by atoms with E-state index in [1.807, 2.05) is 59.2 Å². The van der Waals surface area contributed by atoms with E-state index in [1.165, 1.54) is 41.6 Å². The van der Waals surface area contributed by atoms with Crippen LogP contribution in [0.4, 0.5) is 10.1 Å². The van der Waals surface area contributed by atoms with Crippen LogP contribution in [0.3, 0.4) is 0 Å². The van der Waals surface area contributed by atoms with Crippen LogP contribution < -0.4 is 5.32 Å². The first kappa shape index (κ1) is 30.6. The van der Waals surface area contributed by atoms with Crippen molar-refractivity contribution in [2.75, 3.05) is 0 Å². The second-order valence-corrected chi connectivity index (χ2v) is 11.3. The Bertz CT molecular complexity index is 1690. The van der Waals surface area contributed by atoms with Crippen molar-refractivity contribution in [1.29, 1.82) is 0 Å². The van der Waals surface area contributed by atoms with Crippen LogP contribution in [0.2, 0.25) is 0 Å². The maximum Gasteiger partial charge on any atom is 0.269 e. The van der Waals surface area contributed by atoms with E-state index in [2.05, 4.69) is 22.4 Å². The Kier molecular flexibility index (Phi) is 10.1. The zero-order valence-electron chi connectivity index (χ0n) is 24.2. The Morgan fingerprint density at radius 3 is 2.25 bits per heavy atom. The van der Waals surface area contributed by atoms with Gasteiger partial charge in [-0.3, -0.25) is 19.5 Å². The van der Waals surface area contributed by atoms with Gasteiger partial charge in [-0.1, -0.05) is 79.7 Å². The van der Waals surface area contributed by atoms with E-state index in [9.17, 15) is 19.3 Å². The minimum absolute atomic E-state index is 0.0413. The number of hydrogen-bond donors (Lipinski definition) is 1. The van der Waals surface area contributed by atoms with Crippen LogP contribution in [0.25, 0.3) is 5.69 Å². The molecule has 5 aromatic rings. The third-order valence-electron chi connectivity index (χ3n) is 7.19. The van der Waals surface area contributed by atoms with Crippen molar-refractivity contribution >= 4 is 23.4 Å². The smallest absolute Gasteiger partial charge is 0.269 e. The monoisotopic (exact) mass is 609 g/mol. The number of unbranched alkanes of at least 4 members (excludes halogenated alkanes) is 1. The molecule has 4 aromatic carbocycles. The van der Waals surface area contributed by atoms with Gasteiger partial charge in [-0.15, -0.1) is 10.2 Å². The van der Waals surface area contributed by atoms with E-state index in [0.717, 1.165) is 30.4 Å². The summed E-state index contributed by atoms with van der Waals surface area (Å²) in [5, 5.41) is 24.1. The summed E-state index contributed by atoms with van der Waals surface area (Å²) in [7, 11) is 0. The van der Waals surface area contributed by atoms with Crippen LogP contribution in [0.5, 0.6) is 0 Å². The fourth-order valence-corrected chi connectivity index (χ4v) is 5.71. The number of rotatable bonds is 13. The van der Waals surface area contributed by atoms with Gasteiger partial charge in [0.2, 0.25) is 0 Å². The molecule has 224 valence electrons. The standard InChI is InChI=1S/C34H32FN5O3S/c1-2-3-7-24-10-14-27(15-11-24)33(41)36-31(22-25-8-5-4-6-9-25)32-37-38-34(44-23-26-12-16-28(35)17-13-26)39(32)29-18-20-30(21-19-29)40(42)43/h4-6,8-21,31H,2-3,7,22-23H2,1H3,(H,36,41). The summed E-state index contributed by atoms with van der Waals surface area (Å²) in [6.45, 7) is 2.15. The molecule has 1 atom stereocenters. The molecule has 8 nitrogen and oxygen atoms in total. The molecular formula is C34H32FN5O3S. The molecule has 0 fully saturated rings. The van der Waals surface area contributed by atoms with Crippen molar-refractivity contribution in [2.45, 2.75) is 49.6 Å². The number of aryl methyl sites for hydroxylation is 1. The molecule has 0 saturated carbocycles. The van der Waals surface area contributed by atoms with Gasteiger partial charge in [-0.25, -0.2) is 4.39 Å². The van der Waals surface area contributed by atoms with Crippen molar-refractivity contribution in [3.8, 4) is 5.69 Å². The highest BCUT2D eigenvalue weighted by Crippen LogP contribution is 2.30. The quantitative estimate of drug-likeness (QED) is 0.0835. The van der Waals surface area contributed by atoms with Gasteiger partial charge in [-0.2, -0.15) is 0 Å². The van der Waals surface area contributed by atoms with E-state index in [4.69, 9.17) is 0 Å². The number of halogens is 1. The van der Waals surface area contributed by atoms with Gasteiger partial charge < -0.3 is 5.32 Å². The van der Waals surface area contributed by atoms with Gasteiger partial charge in [0.25, 0.3) is 11.6 Å². The van der Waals surface area contributed by atoms with Gasteiger partial charge >= 0.3 is 0 Å². The van der Waals surface area contributed by atoms with Gasteiger partial charge in [0.15, 0.2) is 11.0 Å². The summed E-state index contributed by atoms with van der Waals surface area (Å²) in [6.07, 6.45) is 3.59. The zero-order valence-corrected chi connectivity index (χ0v) is 25.0. The summed E-state index contributed by atoms with van der Waals surface area (Å²) < 4.78 is 15.3. The number of aromatic nitrogens is 3. The highest BCUT2D eigenvalue weighted by molar-refractivity contribution is 7.98. The Morgan fingerprint density at radius 2 is 1.59 bits per heavy atom. The number of nitrogens with zero attached hydrogens (tertiary/aromatic N) is 4. The van der Waals surface area contributed by atoms with Crippen LogP contribution in [0, 0.1) is 15.9 Å². The fourth-order valence-electron chi connectivity index (χ4n) is 4.80. The summed E-state index contributed by atoms with van der Waals surface area (Å²) in [5.41, 5.74) is 4.19. The molecule has 1 heterocycles. The first-order valence-corrected chi connectivity index (χ1v) is 15.4. The number of benzene rings is 4. The third-order valence-corrected chi connectivity index (χ3v) is 8.19. The van der Waals surface area contributed by atoms with Crippen molar-refractivity contribution in [2.24, 2.45) is 0 Å². The van der Waals surface area contributed by atoms with Crippen LogP contribution >= 0.6 is 11.8 Å². The molecule has 0 radical (unpaired) electrons. The molecular weight excluding hydrogens is 577 g/mol. The van der Waals surface area contributed by atoms with Crippen LogP contribution in [-0.4, -0.2) is 25.6 Å². The number of thioether (sulfide) groups is 1. The molecule has 0 spiro atoms. The Balaban J connectivity index is 1.51. The average Bonchev–Trinajstić information content (AvgIpc) is 3.48. The molecule has 0 bridgehead atoms.